The highest BCUT2D eigenvalue weighted by Crippen LogP contribution is 2.28. The fourth-order valence-corrected chi connectivity index (χ4v) is 4.62. The van der Waals surface area contributed by atoms with E-state index in [1.807, 2.05) is 30.5 Å². The fourth-order valence-electron chi connectivity index (χ4n) is 3.10. The van der Waals surface area contributed by atoms with Gasteiger partial charge in [0, 0.05) is 42.7 Å². The number of thiophene rings is 1. The van der Waals surface area contributed by atoms with Crippen LogP contribution in [-0.2, 0) is 19.5 Å². The number of fused-ring (bicyclic) bond motifs is 1. The Hall–Kier alpha value is -1.96. The molecule has 0 saturated carbocycles. The largest absolute Gasteiger partial charge is 0.495 e. The van der Waals surface area contributed by atoms with Crippen LogP contribution in [0.25, 0.3) is 0 Å². The molecule has 0 bridgehead atoms. The molecule has 0 unspecified atom stereocenters. The number of halogens is 1. The van der Waals surface area contributed by atoms with E-state index in [1.165, 1.54) is 14.2 Å². The van der Waals surface area contributed by atoms with Crippen molar-refractivity contribution in [3.05, 3.63) is 62.5 Å². The molecule has 4 rings (SSSR count). The molecular formula is C19H19BrN4OS. The first-order valence-corrected chi connectivity index (χ1v) is 10.0. The maximum atomic E-state index is 5.38. The maximum absolute atomic E-state index is 5.38. The molecule has 0 atom stereocenters. The minimum absolute atomic E-state index is 0.615. The normalized spacial score (nSPS) is 14.1. The highest BCUT2D eigenvalue weighted by Gasteiger charge is 2.19. The van der Waals surface area contributed by atoms with Gasteiger partial charge in [-0.3, -0.25) is 4.90 Å². The van der Waals surface area contributed by atoms with Crippen molar-refractivity contribution in [3.8, 4) is 5.75 Å². The number of aromatic nitrogens is 2. The third kappa shape index (κ3) is 3.90. The maximum Gasteiger partial charge on any atom is 0.227 e. The molecule has 0 amide bonds. The predicted molar refractivity (Wildman–Crippen MR) is 108 cm³/mol. The second-order valence-electron chi connectivity index (χ2n) is 6.16. The summed E-state index contributed by atoms with van der Waals surface area (Å²) < 4.78 is 6.56. The second kappa shape index (κ2) is 7.73. The van der Waals surface area contributed by atoms with Crippen molar-refractivity contribution in [2.24, 2.45) is 0 Å². The van der Waals surface area contributed by atoms with Crippen LogP contribution >= 0.6 is 27.3 Å². The van der Waals surface area contributed by atoms with Crippen molar-refractivity contribution in [1.82, 2.24) is 14.9 Å². The topological polar surface area (TPSA) is 50.3 Å². The van der Waals surface area contributed by atoms with Crippen LogP contribution in [0.1, 0.15) is 16.1 Å². The van der Waals surface area contributed by atoms with Gasteiger partial charge in [-0.1, -0.05) is 12.1 Å². The summed E-state index contributed by atoms with van der Waals surface area (Å²) in [6.07, 6.45) is 2.88. The molecule has 134 valence electrons. The Morgan fingerprint density at radius 3 is 2.96 bits per heavy atom. The van der Waals surface area contributed by atoms with Crippen LogP contribution in [0.4, 0.5) is 11.6 Å². The van der Waals surface area contributed by atoms with Gasteiger partial charge in [0.05, 0.1) is 22.3 Å². The number of hydrogen-bond acceptors (Lipinski definition) is 6. The Balaban J connectivity index is 1.46. The molecule has 2 aromatic heterocycles. The van der Waals surface area contributed by atoms with E-state index in [0.717, 1.165) is 43.2 Å². The first kappa shape index (κ1) is 17.5. The van der Waals surface area contributed by atoms with Crippen molar-refractivity contribution in [2.75, 3.05) is 19.0 Å². The molecule has 1 aliphatic rings. The first-order valence-electron chi connectivity index (χ1n) is 8.42. The zero-order valence-electron chi connectivity index (χ0n) is 14.4. The Morgan fingerprint density at radius 2 is 2.15 bits per heavy atom. The van der Waals surface area contributed by atoms with Gasteiger partial charge < -0.3 is 10.1 Å². The van der Waals surface area contributed by atoms with Gasteiger partial charge in [0.25, 0.3) is 0 Å². The molecule has 1 N–H and O–H groups in total. The van der Waals surface area contributed by atoms with Crippen LogP contribution in [0.2, 0.25) is 0 Å². The molecule has 0 aliphatic carbocycles. The van der Waals surface area contributed by atoms with Crippen LogP contribution in [0.3, 0.4) is 0 Å². The lowest BCUT2D eigenvalue weighted by atomic mass is 10.1. The van der Waals surface area contributed by atoms with E-state index >= 15 is 0 Å². The lowest BCUT2D eigenvalue weighted by Gasteiger charge is -2.27. The molecule has 1 aromatic carbocycles. The smallest absolute Gasteiger partial charge is 0.227 e. The molecular weight excluding hydrogens is 412 g/mol. The van der Waals surface area contributed by atoms with Crippen molar-refractivity contribution in [1.29, 1.82) is 0 Å². The number of hydrogen-bond donors (Lipinski definition) is 1. The van der Waals surface area contributed by atoms with E-state index in [1.54, 1.807) is 18.4 Å². The van der Waals surface area contributed by atoms with Gasteiger partial charge >= 0.3 is 0 Å². The quantitative estimate of drug-likeness (QED) is 0.640. The second-order valence-corrected chi connectivity index (χ2v) is 8.70. The van der Waals surface area contributed by atoms with E-state index in [4.69, 9.17) is 9.72 Å². The van der Waals surface area contributed by atoms with E-state index in [2.05, 4.69) is 43.3 Å². The van der Waals surface area contributed by atoms with Gasteiger partial charge in [-0.05, 0) is 40.2 Å². The molecule has 0 spiro atoms. The predicted octanol–water partition coefficient (Wildman–Crippen LogP) is 4.61. The zero-order valence-corrected chi connectivity index (χ0v) is 16.8. The molecule has 5 nitrogen and oxygen atoms in total. The summed E-state index contributed by atoms with van der Waals surface area (Å²) in [4.78, 5) is 13.0. The average Bonchev–Trinajstić information content (AvgIpc) is 3.07. The summed E-state index contributed by atoms with van der Waals surface area (Å²) in [6.45, 7) is 2.87. The standard InChI is InChI=1S/C19H19BrN4OS/c1-25-17-5-3-2-4-16(17)23-19-21-10-13-11-24(9-8-15(13)22-19)12-14-6-7-18(20)26-14/h2-7,10H,8-9,11-12H2,1H3,(H,21,22,23). The van der Waals surface area contributed by atoms with Gasteiger partial charge in [0.15, 0.2) is 0 Å². The van der Waals surface area contributed by atoms with Crippen LogP contribution in [-0.4, -0.2) is 28.5 Å². The Bertz CT molecular complexity index is 914. The van der Waals surface area contributed by atoms with Gasteiger partial charge in [-0.25, -0.2) is 9.97 Å². The van der Waals surface area contributed by atoms with E-state index in [0.29, 0.717) is 5.95 Å². The van der Waals surface area contributed by atoms with Crippen LogP contribution in [0.15, 0.2) is 46.4 Å². The third-order valence-electron chi connectivity index (χ3n) is 4.37. The number of benzene rings is 1. The number of rotatable bonds is 5. The van der Waals surface area contributed by atoms with Gasteiger partial charge in [0.1, 0.15) is 5.75 Å². The summed E-state index contributed by atoms with van der Waals surface area (Å²) in [6, 6.07) is 12.1. The molecule has 3 aromatic rings. The van der Waals surface area contributed by atoms with Gasteiger partial charge in [-0.2, -0.15) is 0 Å². The molecule has 0 fully saturated rings. The Kier molecular flexibility index (Phi) is 5.19. The molecule has 0 saturated heterocycles. The van der Waals surface area contributed by atoms with Gasteiger partial charge in [0.2, 0.25) is 5.95 Å². The monoisotopic (exact) mass is 430 g/mol. The SMILES string of the molecule is COc1ccccc1Nc1ncc2c(n1)CCN(Cc1ccc(Br)s1)C2. The summed E-state index contributed by atoms with van der Waals surface area (Å²) in [7, 11) is 1.66. The molecule has 0 radical (unpaired) electrons. The first-order chi connectivity index (χ1) is 12.7. The van der Waals surface area contributed by atoms with Gasteiger partial charge in [-0.15, -0.1) is 11.3 Å². The summed E-state index contributed by atoms with van der Waals surface area (Å²) in [5, 5.41) is 3.26. The lowest BCUT2D eigenvalue weighted by Crippen LogP contribution is -2.30. The van der Waals surface area contributed by atoms with E-state index in [9.17, 15) is 0 Å². The fraction of sp³-hybridized carbons (Fsp3) is 0.263. The Morgan fingerprint density at radius 1 is 1.27 bits per heavy atom. The van der Waals surface area contributed by atoms with Crippen LogP contribution < -0.4 is 10.1 Å². The number of methoxy groups -OCH3 is 1. The van der Waals surface area contributed by atoms with Crippen molar-refractivity contribution in [3.63, 3.8) is 0 Å². The minimum atomic E-state index is 0.615. The molecule has 1 aliphatic heterocycles. The number of nitrogens with zero attached hydrogens (tertiary/aromatic N) is 3. The number of ether oxygens (including phenoxy) is 1. The van der Waals surface area contributed by atoms with Crippen LogP contribution in [0.5, 0.6) is 5.75 Å². The minimum Gasteiger partial charge on any atom is -0.495 e. The zero-order chi connectivity index (χ0) is 17.9. The molecule has 7 heteroatoms. The molecule has 3 heterocycles. The van der Waals surface area contributed by atoms with Crippen LogP contribution in [0, 0.1) is 0 Å². The van der Waals surface area contributed by atoms with E-state index in [-0.39, 0.29) is 0 Å². The summed E-state index contributed by atoms with van der Waals surface area (Å²) in [5.74, 6) is 1.39. The summed E-state index contributed by atoms with van der Waals surface area (Å²) in [5.41, 5.74) is 3.20. The van der Waals surface area contributed by atoms with E-state index < -0.39 is 0 Å². The van der Waals surface area contributed by atoms with Crippen molar-refractivity contribution >= 4 is 38.9 Å². The number of nitrogens with one attached hydrogen (secondary N) is 1. The van der Waals surface area contributed by atoms with Crippen molar-refractivity contribution < 1.29 is 4.74 Å². The highest BCUT2D eigenvalue weighted by molar-refractivity contribution is 9.11. The summed E-state index contributed by atoms with van der Waals surface area (Å²) >= 11 is 5.32. The number of anilines is 2. The third-order valence-corrected chi connectivity index (χ3v) is 5.98. The van der Waals surface area contributed by atoms with Crippen molar-refractivity contribution in [2.45, 2.75) is 19.5 Å². The lowest BCUT2D eigenvalue weighted by molar-refractivity contribution is 0.245. The highest BCUT2D eigenvalue weighted by atomic mass is 79.9. The average molecular weight is 431 g/mol. The Labute approximate surface area is 165 Å². The number of para-hydroxylation sites is 2. The molecule has 26 heavy (non-hydrogen) atoms.